The van der Waals surface area contributed by atoms with Crippen molar-refractivity contribution < 1.29 is 14.3 Å². The molecule has 2 heterocycles. The average Bonchev–Trinajstić information content (AvgIpc) is 3.08. The van der Waals surface area contributed by atoms with Crippen LogP contribution in [-0.4, -0.2) is 27.7 Å². The predicted octanol–water partition coefficient (Wildman–Crippen LogP) is 3.32. The number of fused-ring (bicyclic) bond motifs is 1. The quantitative estimate of drug-likeness (QED) is 0.756. The second kappa shape index (κ2) is 7.45. The summed E-state index contributed by atoms with van der Waals surface area (Å²) >= 11 is 0. The van der Waals surface area contributed by atoms with Crippen molar-refractivity contribution >= 4 is 23.4 Å². The number of nitrogens with zero attached hydrogens (tertiary/aromatic N) is 3. The monoisotopic (exact) mass is 367 g/mol. The topological polar surface area (TPSA) is 98.3 Å². The Balaban J connectivity index is 1.84. The molecule has 0 saturated heterocycles. The third kappa shape index (κ3) is 4.22. The van der Waals surface area contributed by atoms with Gasteiger partial charge < -0.3 is 14.8 Å². The van der Waals surface area contributed by atoms with Crippen LogP contribution < -0.4 is 20.1 Å². The van der Waals surface area contributed by atoms with Crippen molar-refractivity contribution in [3.8, 4) is 11.5 Å². The Labute approximate surface area is 157 Å². The smallest absolute Gasteiger partial charge is 0.253 e. The Bertz CT molecular complexity index is 926. The minimum atomic E-state index is -0.358. The molecule has 1 aliphatic heterocycles. The Hall–Kier alpha value is -3.42. The lowest BCUT2D eigenvalue weighted by atomic mass is 10.1. The summed E-state index contributed by atoms with van der Waals surface area (Å²) in [4.78, 5) is 24.7. The summed E-state index contributed by atoms with van der Waals surface area (Å²) in [7, 11) is 0. The maximum absolute atomic E-state index is 11.9. The normalized spacial score (nSPS) is 13.0. The number of allylic oxidation sites excluding steroid dienone is 1. The van der Waals surface area contributed by atoms with Crippen molar-refractivity contribution in [3.63, 3.8) is 0 Å². The summed E-state index contributed by atoms with van der Waals surface area (Å²) in [5.41, 5.74) is 1.99. The zero-order valence-corrected chi connectivity index (χ0v) is 15.5. The lowest BCUT2D eigenvalue weighted by molar-refractivity contribution is -0.112. The fourth-order valence-corrected chi connectivity index (χ4v) is 2.35. The molecule has 1 aromatic heterocycles. The molecule has 0 saturated carbocycles. The van der Waals surface area contributed by atoms with Crippen LogP contribution in [0, 0.1) is 0 Å². The van der Waals surface area contributed by atoms with Gasteiger partial charge in [-0.1, -0.05) is 19.2 Å². The number of hydrogen-bond donors (Lipinski definition) is 2. The van der Waals surface area contributed by atoms with Gasteiger partial charge in [-0.05, 0) is 44.0 Å². The molecule has 140 valence electrons. The van der Waals surface area contributed by atoms with E-state index in [2.05, 4.69) is 38.7 Å². The van der Waals surface area contributed by atoms with Gasteiger partial charge in [-0.3, -0.25) is 10.1 Å². The van der Waals surface area contributed by atoms with Crippen molar-refractivity contribution in [1.29, 1.82) is 0 Å². The number of amides is 1. The Morgan fingerprint density at radius 2 is 1.81 bits per heavy atom. The number of nitrogens with one attached hydrogen (secondary N) is 2. The highest BCUT2D eigenvalue weighted by Crippen LogP contribution is 2.34. The molecule has 0 bridgehead atoms. The van der Waals surface area contributed by atoms with Gasteiger partial charge in [-0.15, -0.1) is 0 Å². The van der Waals surface area contributed by atoms with Gasteiger partial charge >= 0.3 is 0 Å². The molecule has 8 nitrogen and oxygen atoms in total. The van der Waals surface area contributed by atoms with Crippen LogP contribution in [0.25, 0.3) is 5.57 Å². The van der Waals surface area contributed by atoms with Crippen LogP contribution in [0.3, 0.4) is 0 Å². The number of aromatic nitrogens is 3. The van der Waals surface area contributed by atoms with E-state index in [1.807, 2.05) is 25.1 Å². The molecule has 3 rings (SSSR count). The van der Waals surface area contributed by atoms with E-state index in [1.165, 1.54) is 0 Å². The highest BCUT2D eigenvalue weighted by Gasteiger charge is 2.17. The number of hydrogen-bond acceptors (Lipinski definition) is 7. The second-order valence-electron chi connectivity index (χ2n) is 6.30. The first kappa shape index (κ1) is 18.4. The standard InChI is InChI=1S/C19H21N5O3/c1-10(2)16-21-18(24-19(22-16)23-17(25)11(3)4)20-12(5)13-6-7-14-15(8-13)27-9-26-14/h6-8,12H,1,3,9H2,2,4-5H3,(H2,20,21,22,23,24,25). The summed E-state index contributed by atoms with van der Waals surface area (Å²) in [6, 6.07) is 5.59. The summed E-state index contributed by atoms with van der Waals surface area (Å²) in [5.74, 6) is 1.92. The van der Waals surface area contributed by atoms with Crippen molar-refractivity contribution in [1.82, 2.24) is 15.0 Å². The fraction of sp³-hybridized carbons (Fsp3) is 0.263. The van der Waals surface area contributed by atoms with E-state index in [0.717, 1.165) is 11.3 Å². The first-order valence-corrected chi connectivity index (χ1v) is 8.38. The molecular weight excluding hydrogens is 346 g/mol. The van der Waals surface area contributed by atoms with Crippen molar-refractivity contribution in [2.45, 2.75) is 26.8 Å². The summed E-state index contributed by atoms with van der Waals surface area (Å²) in [6.07, 6.45) is 0. The zero-order valence-electron chi connectivity index (χ0n) is 15.5. The summed E-state index contributed by atoms with van der Waals surface area (Å²) < 4.78 is 10.7. The van der Waals surface area contributed by atoms with Crippen molar-refractivity contribution in [3.05, 3.63) is 48.3 Å². The van der Waals surface area contributed by atoms with Crippen LogP contribution in [0.2, 0.25) is 0 Å². The number of ether oxygens (including phenoxy) is 2. The lowest BCUT2D eigenvalue weighted by Gasteiger charge is -2.16. The molecular formula is C19H21N5O3. The lowest BCUT2D eigenvalue weighted by Crippen LogP contribution is -2.17. The van der Waals surface area contributed by atoms with Gasteiger partial charge in [0.05, 0.1) is 6.04 Å². The van der Waals surface area contributed by atoms with E-state index in [0.29, 0.717) is 28.7 Å². The summed E-state index contributed by atoms with van der Waals surface area (Å²) in [6.45, 7) is 13.0. The molecule has 1 amide bonds. The van der Waals surface area contributed by atoms with E-state index >= 15 is 0 Å². The molecule has 1 atom stereocenters. The number of anilines is 2. The highest BCUT2D eigenvalue weighted by atomic mass is 16.7. The number of carbonyl (C=O) groups excluding carboxylic acids is 1. The molecule has 2 aromatic rings. The van der Waals surface area contributed by atoms with Crippen LogP contribution in [0.5, 0.6) is 11.5 Å². The zero-order chi connectivity index (χ0) is 19.6. The van der Waals surface area contributed by atoms with E-state index in [4.69, 9.17) is 9.47 Å². The molecule has 8 heteroatoms. The maximum atomic E-state index is 11.9. The van der Waals surface area contributed by atoms with Gasteiger partial charge in [0, 0.05) is 5.57 Å². The third-order valence-corrected chi connectivity index (χ3v) is 3.87. The van der Waals surface area contributed by atoms with Crippen molar-refractivity contribution in [2.75, 3.05) is 17.4 Å². The van der Waals surface area contributed by atoms with E-state index < -0.39 is 0 Å². The predicted molar refractivity (Wildman–Crippen MR) is 103 cm³/mol. The average molecular weight is 367 g/mol. The van der Waals surface area contributed by atoms with Crippen LogP contribution in [0.15, 0.2) is 36.9 Å². The SMILES string of the molecule is C=C(C)C(=O)Nc1nc(NC(C)c2ccc3c(c2)OCO3)nc(C(=C)C)n1. The number of rotatable bonds is 6. The largest absolute Gasteiger partial charge is 0.454 e. The Morgan fingerprint density at radius 1 is 1.11 bits per heavy atom. The molecule has 27 heavy (non-hydrogen) atoms. The molecule has 1 aliphatic rings. The maximum Gasteiger partial charge on any atom is 0.253 e. The van der Waals surface area contributed by atoms with Gasteiger partial charge in [0.1, 0.15) is 0 Å². The molecule has 1 aromatic carbocycles. The molecule has 2 N–H and O–H groups in total. The van der Waals surface area contributed by atoms with Gasteiger partial charge in [-0.25, -0.2) is 0 Å². The minimum absolute atomic E-state index is 0.121. The van der Waals surface area contributed by atoms with E-state index in [-0.39, 0.29) is 24.7 Å². The minimum Gasteiger partial charge on any atom is -0.454 e. The molecule has 0 spiro atoms. The van der Waals surface area contributed by atoms with Gasteiger partial charge in [0.15, 0.2) is 17.3 Å². The molecule has 0 fully saturated rings. The van der Waals surface area contributed by atoms with Gasteiger partial charge in [0.2, 0.25) is 18.7 Å². The van der Waals surface area contributed by atoms with Crippen LogP contribution in [0.1, 0.15) is 38.2 Å². The molecule has 0 radical (unpaired) electrons. The van der Waals surface area contributed by atoms with E-state index in [1.54, 1.807) is 13.8 Å². The van der Waals surface area contributed by atoms with Gasteiger partial charge in [0.25, 0.3) is 5.91 Å². The third-order valence-electron chi connectivity index (χ3n) is 3.87. The van der Waals surface area contributed by atoms with Crippen LogP contribution in [-0.2, 0) is 4.79 Å². The number of carbonyl (C=O) groups is 1. The Morgan fingerprint density at radius 3 is 2.52 bits per heavy atom. The molecule has 1 unspecified atom stereocenters. The van der Waals surface area contributed by atoms with Crippen LogP contribution in [0.4, 0.5) is 11.9 Å². The first-order valence-electron chi connectivity index (χ1n) is 8.38. The Kier molecular flexibility index (Phi) is 5.07. The fourth-order valence-electron chi connectivity index (χ4n) is 2.35. The van der Waals surface area contributed by atoms with Crippen molar-refractivity contribution in [2.24, 2.45) is 0 Å². The second-order valence-corrected chi connectivity index (χ2v) is 6.30. The highest BCUT2D eigenvalue weighted by molar-refractivity contribution is 6.01. The number of benzene rings is 1. The first-order chi connectivity index (χ1) is 12.8. The van der Waals surface area contributed by atoms with Gasteiger partial charge in [-0.2, -0.15) is 15.0 Å². The van der Waals surface area contributed by atoms with E-state index in [9.17, 15) is 4.79 Å². The summed E-state index contributed by atoms with van der Waals surface area (Å²) in [5, 5.41) is 5.82. The molecule has 0 aliphatic carbocycles. The van der Waals surface area contributed by atoms with Crippen LogP contribution >= 0.6 is 0 Å².